The Labute approximate surface area is 326 Å². The zero-order chi connectivity index (χ0) is 42.5. The number of carboxylic acids is 1. The molecule has 16 heteroatoms. The van der Waals surface area contributed by atoms with E-state index in [4.69, 9.17) is 38.3 Å². The molecule has 0 aromatic carbocycles. The van der Waals surface area contributed by atoms with Crippen LogP contribution in [0.1, 0.15) is 102 Å². The molecule has 0 unspecified atom stereocenters. The van der Waals surface area contributed by atoms with Gasteiger partial charge in [0.15, 0.2) is 12.6 Å². The summed E-state index contributed by atoms with van der Waals surface area (Å²) < 4.78 is 37.1. The number of carbonyl (C=O) groups excluding carboxylic acids is 2. The van der Waals surface area contributed by atoms with Crippen LogP contribution in [0.3, 0.4) is 0 Å². The minimum atomic E-state index is -1.99. The topological polar surface area (TPSA) is 231 Å². The molecule has 3 rings (SSSR count). The Morgan fingerprint density at radius 1 is 0.909 bits per heavy atom. The van der Waals surface area contributed by atoms with Crippen LogP contribution in [0.5, 0.6) is 0 Å². The van der Waals surface area contributed by atoms with E-state index in [1.807, 2.05) is 25.9 Å². The Morgan fingerprint density at radius 2 is 1.47 bits per heavy atom. The van der Waals surface area contributed by atoms with Crippen LogP contribution in [-0.2, 0) is 42.8 Å². The summed E-state index contributed by atoms with van der Waals surface area (Å²) in [5.41, 5.74) is -4.84. The van der Waals surface area contributed by atoms with Crippen molar-refractivity contribution in [1.29, 1.82) is 0 Å². The van der Waals surface area contributed by atoms with Gasteiger partial charge in [-0.2, -0.15) is 0 Å². The number of hydrogen-bond acceptors (Lipinski definition) is 15. The molecule has 0 aromatic heterocycles. The molecule has 3 heterocycles. The van der Waals surface area contributed by atoms with Gasteiger partial charge in [0.1, 0.15) is 29.7 Å². The minimum Gasteiger partial charge on any atom is -0.481 e. The van der Waals surface area contributed by atoms with Gasteiger partial charge in [-0.15, -0.1) is 0 Å². The Kier molecular flexibility index (Phi) is 17.7. The van der Waals surface area contributed by atoms with Crippen LogP contribution in [0.4, 0.5) is 0 Å². The number of ketones is 1. The van der Waals surface area contributed by atoms with Gasteiger partial charge in [-0.3, -0.25) is 14.4 Å². The van der Waals surface area contributed by atoms with Crippen molar-refractivity contribution in [2.45, 2.75) is 186 Å². The lowest BCUT2D eigenvalue weighted by Crippen LogP contribution is -2.61. The van der Waals surface area contributed by atoms with Crippen LogP contribution in [-0.4, -0.2) is 159 Å². The summed E-state index contributed by atoms with van der Waals surface area (Å²) in [6, 6.07) is -0.324. The molecule has 3 aliphatic heterocycles. The number of rotatable bonds is 7. The van der Waals surface area contributed by atoms with Crippen LogP contribution in [0.2, 0.25) is 0 Å². The number of aliphatic carboxylic acids is 1. The van der Waals surface area contributed by atoms with Crippen LogP contribution in [0.15, 0.2) is 0 Å². The van der Waals surface area contributed by atoms with Crippen LogP contribution >= 0.6 is 0 Å². The summed E-state index contributed by atoms with van der Waals surface area (Å²) in [6.45, 7) is 17.4. The van der Waals surface area contributed by atoms with Crippen molar-refractivity contribution in [1.82, 2.24) is 4.90 Å². The van der Waals surface area contributed by atoms with E-state index >= 15 is 0 Å². The Balaban J connectivity index is 0.00000248. The Morgan fingerprint density at radius 3 is 1.98 bits per heavy atom. The molecule has 0 aromatic rings. The molecule has 55 heavy (non-hydrogen) atoms. The van der Waals surface area contributed by atoms with Gasteiger partial charge in [-0.1, -0.05) is 27.7 Å². The van der Waals surface area contributed by atoms with Gasteiger partial charge in [0.25, 0.3) is 5.97 Å². The van der Waals surface area contributed by atoms with Crippen molar-refractivity contribution in [3.63, 3.8) is 0 Å². The van der Waals surface area contributed by atoms with Gasteiger partial charge in [0.2, 0.25) is 0 Å². The molecular weight excluding hydrogens is 722 g/mol. The van der Waals surface area contributed by atoms with E-state index in [-0.39, 0.29) is 31.4 Å². The van der Waals surface area contributed by atoms with Crippen molar-refractivity contribution >= 4 is 17.7 Å². The quantitative estimate of drug-likeness (QED) is 0.202. The summed E-state index contributed by atoms with van der Waals surface area (Å²) in [6.07, 6.45) is -9.71. The van der Waals surface area contributed by atoms with E-state index in [2.05, 4.69) is 0 Å². The Hall–Kier alpha value is -1.83. The lowest BCUT2D eigenvalue weighted by molar-refractivity contribution is -0.318. The van der Waals surface area contributed by atoms with Crippen molar-refractivity contribution in [3.05, 3.63) is 0 Å². The molecule has 322 valence electrons. The molecule has 16 nitrogen and oxygen atoms in total. The minimum absolute atomic E-state index is 0.0936. The standard InChI is InChI=1S/C37H67NO13.C2H4O2/c1-14-25-37(10,45)30(41)20(4)27(39)18(2)16-35(8,44)32(51-34-28(40)24(38(11)12)15-19(3)47-34)21(5)29(22(6)33(43)49-25)50-26-17-36(9,46-13)31(42)23(7)48-26;1-2(3)4/h18-26,28-32,34,40-42,44-45H,14-17H2,1-13H3;1H3,(H,3,4)/t18-,19-,20+,21+,22-,23+,24+,25-,26+,28-,29+,30-,31+,32-,34+,35-,36-,37-;/m1./s1. The molecule has 0 radical (unpaired) electrons. The number of methoxy groups -OCH3 is 1. The second-order valence-electron chi connectivity index (χ2n) is 17.0. The normalized spacial score (nSPS) is 46.6. The molecule has 0 amide bonds. The fraction of sp³-hybridized carbons (Fsp3) is 0.923. The third-order valence-electron chi connectivity index (χ3n) is 11.8. The largest absolute Gasteiger partial charge is 0.481 e. The van der Waals surface area contributed by atoms with Crippen LogP contribution in [0.25, 0.3) is 0 Å². The van der Waals surface area contributed by atoms with E-state index in [0.717, 1.165) is 6.92 Å². The van der Waals surface area contributed by atoms with Gasteiger partial charge in [0, 0.05) is 44.2 Å². The zero-order valence-electron chi connectivity index (χ0n) is 35.3. The number of cyclic esters (lactones) is 1. The average Bonchev–Trinajstić information content (AvgIpc) is 3.08. The highest BCUT2D eigenvalue weighted by Gasteiger charge is 2.53. The van der Waals surface area contributed by atoms with Crippen molar-refractivity contribution in [3.8, 4) is 0 Å². The van der Waals surface area contributed by atoms with Crippen molar-refractivity contribution in [2.24, 2.45) is 23.7 Å². The third kappa shape index (κ3) is 11.9. The predicted octanol–water partition coefficient (Wildman–Crippen LogP) is 1.88. The van der Waals surface area contributed by atoms with Crippen molar-refractivity contribution in [2.75, 3.05) is 21.2 Å². The number of carbonyl (C=O) groups is 3. The van der Waals surface area contributed by atoms with E-state index in [1.165, 1.54) is 27.9 Å². The lowest BCUT2D eigenvalue weighted by Gasteiger charge is -2.49. The van der Waals surface area contributed by atoms with E-state index in [1.54, 1.807) is 41.5 Å². The fourth-order valence-corrected chi connectivity index (χ4v) is 8.41. The van der Waals surface area contributed by atoms with Gasteiger partial charge in [-0.25, -0.2) is 0 Å². The first-order valence-corrected chi connectivity index (χ1v) is 19.4. The number of carboxylic acid groups (broad SMARTS) is 1. The molecule has 0 spiro atoms. The fourth-order valence-electron chi connectivity index (χ4n) is 8.41. The van der Waals surface area contributed by atoms with Gasteiger partial charge in [0.05, 0.1) is 47.6 Å². The molecular formula is C39H71NO15. The molecule has 0 saturated carbocycles. The monoisotopic (exact) mass is 793 g/mol. The van der Waals surface area contributed by atoms with Crippen LogP contribution in [0, 0.1) is 23.7 Å². The van der Waals surface area contributed by atoms with Gasteiger partial charge in [-0.05, 0) is 74.9 Å². The number of nitrogens with zero attached hydrogens (tertiary/aromatic N) is 1. The number of ether oxygens (including phenoxy) is 6. The van der Waals surface area contributed by atoms with E-state index in [0.29, 0.717) is 6.42 Å². The summed E-state index contributed by atoms with van der Waals surface area (Å²) in [7, 11) is 5.18. The number of hydrogen-bond donors (Lipinski definition) is 6. The van der Waals surface area contributed by atoms with Crippen LogP contribution < -0.4 is 0 Å². The summed E-state index contributed by atoms with van der Waals surface area (Å²) in [5, 5.41) is 65.0. The predicted molar refractivity (Wildman–Crippen MR) is 200 cm³/mol. The van der Waals surface area contributed by atoms with Gasteiger partial charge >= 0.3 is 5.97 Å². The molecule has 18 atom stereocenters. The maximum atomic E-state index is 14.1. The molecule has 0 aliphatic carbocycles. The molecule has 3 aliphatic rings. The summed E-state index contributed by atoms with van der Waals surface area (Å²) >= 11 is 0. The number of esters is 1. The number of aliphatic hydroxyl groups excluding tert-OH is 3. The molecule has 3 fully saturated rings. The highest BCUT2D eigenvalue weighted by atomic mass is 16.7. The maximum absolute atomic E-state index is 14.1. The zero-order valence-corrected chi connectivity index (χ0v) is 35.3. The smallest absolute Gasteiger partial charge is 0.311 e. The molecule has 3 saturated heterocycles. The lowest BCUT2D eigenvalue weighted by atomic mass is 9.74. The second kappa shape index (κ2) is 19.7. The van der Waals surface area contributed by atoms with Gasteiger partial charge < -0.3 is 64.0 Å². The average molecular weight is 794 g/mol. The first kappa shape index (κ1) is 49.3. The second-order valence-corrected chi connectivity index (χ2v) is 17.0. The first-order valence-electron chi connectivity index (χ1n) is 19.4. The SMILES string of the molecule is CC(=O)O.CC[C@H]1OC(=O)[C@H](C)[C@@H](O[C@H]2C[C@@](C)(OC)[C@@H](O)[C@H](C)O2)[C@H](C)[C@@H](O[C@@H]2O[C@H](C)C[C@H](N(C)C)[C@H]2O)[C@](C)(O)C[C@@H](C)C(=O)[C@H](C)[C@@H](O)[C@]1(C)O. The summed E-state index contributed by atoms with van der Waals surface area (Å²) in [4.78, 5) is 38.8. The highest BCUT2D eigenvalue weighted by Crippen LogP contribution is 2.40. The highest BCUT2D eigenvalue weighted by molar-refractivity contribution is 5.83. The first-order chi connectivity index (χ1) is 25.2. The molecule has 0 bridgehead atoms. The van der Waals surface area contributed by atoms with E-state index in [9.17, 15) is 35.1 Å². The molecule has 6 N–H and O–H groups in total. The van der Waals surface area contributed by atoms with E-state index < -0.39 is 114 Å². The number of Topliss-reactive ketones (excluding diaryl/α,β-unsaturated/α-hetero) is 1. The maximum Gasteiger partial charge on any atom is 0.311 e. The Bertz CT molecular complexity index is 1260. The third-order valence-corrected chi connectivity index (χ3v) is 11.8. The number of likely N-dealkylation sites (N-methyl/N-ethyl adjacent to an activating group) is 1. The van der Waals surface area contributed by atoms with Crippen molar-refractivity contribution < 1.29 is 73.4 Å². The summed E-state index contributed by atoms with van der Waals surface area (Å²) in [5.74, 6) is -5.81. The number of aliphatic hydroxyl groups is 5.